The Balaban J connectivity index is 1.95. The summed E-state index contributed by atoms with van der Waals surface area (Å²) in [7, 11) is 4.12. The molecular formula is C23H23BrN3+. The van der Waals surface area contributed by atoms with Gasteiger partial charge in [0.1, 0.15) is 7.05 Å². The molecule has 0 aliphatic heterocycles. The Hall–Kier alpha value is -2.64. The first-order chi connectivity index (χ1) is 13.0. The number of anilines is 1. The minimum Gasteiger partial charge on any atom is -0.374 e. The molecule has 0 radical (unpaired) electrons. The highest BCUT2D eigenvalue weighted by atomic mass is 79.9. The third-order valence-corrected chi connectivity index (χ3v) is 5.42. The molecule has 3 rings (SSSR count). The Morgan fingerprint density at radius 2 is 1.59 bits per heavy atom. The van der Waals surface area contributed by atoms with Crippen LogP contribution in [-0.2, 0) is 7.05 Å². The molecule has 3 nitrogen and oxygen atoms in total. The summed E-state index contributed by atoms with van der Waals surface area (Å²) in [4.78, 5) is 2.11. The SMILES string of the molecule is Cc1cc(-c2ccc(N(C)CCC#N)cc2)cc(-c2ccc(Br)cc2)[n+]1C. The van der Waals surface area contributed by atoms with Gasteiger partial charge in [-0.3, -0.25) is 0 Å². The van der Waals surface area contributed by atoms with Crippen LogP contribution in [0.3, 0.4) is 0 Å². The van der Waals surface area contributed by atoms with E-state index in [1.54, 1.807) is 0 Å². The minimum atomic E-state index is 0.531. The van der Waals surface area contributed by atoms with Gasteiger partial charge in [-0.05, 0) is 47.5 Å². The molecule has 0 N–H and O–H groups in total. The zero-order valence-electron chi connectivity index (χ0n) is 15.9. The lowest BCUT2D eigenvalue weighted by Crippen LogP contribution is -2.34. The first-order valence-electron chi connectivity index (χ1n) is 8.95. The van der Waals surface area contributed by atoms with E-state index in [4.69, 9.17) is 5.26 Å². The van der Waals surface area contributed by atoms with Crippen molar-refractivity contribution in [3.8, 4) is 28.5 Å². The van der Waals surface area contributed by atoms with Crippen LogP contribution in [0.25, 0.3) is 22.4 Å². The highest BCUT2D eigenvalue weighted by molar-refractivity contribution is 9.10. The minimum absolute atomic E-state index is 0.531. The smallest absolute Gasteiger partial charge is 0.213 e. The predicted octanol–water partition coefficient (Wildman–Crippen LogP) is 5.27. The van der Waals surface area contributed by atoms with Crippen LogP contribution in [0.5, 0.6) is 0 Å². The monoisotopic (exact) mass is 420 g/mol. The highest BCUT2D eigenvalue weighted by Crippen LogP contribution is 2.27. The largest absolute Gasteiger partial charge is 0.374 e. The van der Waals surface area contributed by atoms with Gasteiger partial charge in [-0.25, -0.2) is 0 Å². The summed E-state index contributed by atoms with van der Waals surface area (Å²) in [5.74, 6) is 0. The van der Waals surface area contributed by atoms with Crippen LogP contribution in [0.15, 0.2) is 65.1 Å². The van der Waals surface area contributed by atoms with Crippen molar-refractivity contribution < 1.29 is 4.57 Å². The van der Waals surface area contributed by atoms with E-state index in [0.717, 1.165) is 16.7 Å². The molecule has 0 unspecified atom stereocenters. The summed E-state index contributed by atoms with van der Waals surface area (Å²) >= 11 is 3.51. The molecule has 0 atom stereocenters. The maximum atomic E-state index is 8.76. The van der Waals surface area contributed by atoms with Crippen molar-refractivity contribution >= 4 is 21.6 Å². The second kappa shape index (κ2) is 8.37. The number of aryl methyl sites for hydroxylation is 1. The molecule has 3 aromatic rings. The fourth-order valence-electron chi connectivity index (χ4n) is 3.12. The van der Waals surface area contributed by atoms with Crippen LogP contribution in [0.2, 0.25) is 0 Å². The molecule has 136 valence electrons. The summed E-state index contributed by atoms with van der Waals surface area (Å²) in [6, 6.07) is 23.6. The third-order valence-electron chi connectivity index (χ3n) is 4.89. The Bertz CT molecular complexity index is 970. The number of nitrogens with zero attached hydrogens (tertiary/aromatic N) is 3. The van der Waals surface area contributed by atoms with E-state index >= 15 is 0 Å². The van der Waals surface area contributed by atoms with Gasteiger partial charge in [-0.15, -0.1) is 0 Å². The topological polar surface area (TPSA) is 30.9 Å². The number of hydrogen-bond acceptors (Lipinski definition) is 2. The van der Waals surface area contributed by atoms with E-state index in [0.29, 0.717) is 6.42 Å². The van der Waals surface area contributed by atoms with E-state index in [-0.39, 0.29) is 0 Å². The Kier molecular flexibility index (Phi) is 5.93. The fraction of sp³-hybridized carbons (Fsp3) is 0.217. The molecule has 0 aliphatic rings. The molecule has 0 fully saturated rings. The molecule has 0 aliphatic carbocycles. The Morgan fingerprint density at radius 3 is 2.22 bits per heavy atom. The lowest BCUT2D eigenvalue weighted by Gasteiger charge is -2.18. The van der Waals surface area contributed by atoms with Gasteiger partial charge in [0.15, 0.2) is 5.69 Å². The van der Waals surface area contributed by atoms with Crippen LogP contribution in [0.4, 0.5) is 5.69 Å². The molecule has 1 aromatic heterocycles. The normalized spacial score (nSPS) is 10.5. The van der Waals surface area contributed by atoms with E-state index in [1.807, 2.05) is 7.05 Å². The van der Waals surface area contributed by atoms with Gasteiger partial charge < -0.3 is 4.90 Å². The van der Waals surface area contributed by atoms with Gasteiger partial charge in [0.05, 0.1) is 12.5 Å². The van der Waals surface area contributed by atoms with Crippen molar-refractivity contribution in [3.05, 3.63) is 70.8 Å². The van der Waals surface area contributed by atoms with Crippen molar-refractivity contribution in [3.63, 3.8) is 0 Å². The third kappa shape index (κ3) is 4.37. The summed E-state index contributed by atoms with van der Waals surface area (Å²) in [6.07, 6.45) is 0.531. The lowest BCUT2D eigenvalue weighted by molar-refractivity contribution is -0.666. The summed E-state index contributed by atoms with van der Waals surface area (Å²) in [6.45, 7) is 2.87. The molecule has 0 bridgehead atoms. The first-order valence-corrected chi connectivity index (χ1v) is 9.74. The lowest BCUT2D eigenvalue weighted by atomic mass is 10.0. The molecule has 1 heterocycles. The van der Waals surface area contributed by atoms with Crippen LogP contribution in [0.1, 0.15) is 12.1 Å². The van der Waals surface area contributed by atoms with Gasteiger partial charge >= 0.3 is 0 Å². The number of benzene rings is 2. The van der Waals surface area contributed by atoms with Crippen LogP contribution in [-0.4, -0.2) is 13.6 Å². The summed E-state index contributed by atoms with van der Waals surface area (Å²) < 4.78 is 3.30. The maximum absolute atomic E-state index is 8.76. The quantitative estimate of drug-likeness (QED) is 0.526. The Morgan fingerprint density at radius 1 is 0.963 bits per heavy atom. The van der Waals surface area contributed by atoms with Crippen molar-refractivity contribution in [2.24, 2.45) is 7.05 Å². The van der Waals surface area contributed by atoms with Crippen LogP contribution >= 0.6 is 15.9 Å². The number of rotatable bonds is 5. The van der Waals surface area contributed by atoms with Crippen molar-refractivity contribution in [1.29, 1.82) is 5.26 Å². The van der Waals surface area contributed by atoms with Gasteiger partial charge in [0, 0.05) is 48.4 Å². The van der Waals surface area contributed by atoms with Gasteiger partial charge in [0.2, 0.25) is 5.69 Å². The molecule has 4 heteroatoms. The van der Waals surface area contributed by atoms with Crippen molar-refractivity contribution in [2.75, 3.05) is 18.5 Å². The standard InChI is InChI=1S/C23H23BrN3/c1-17-15-20(16-23(27(17)3)19-5-9-21(24)10-6-19)18-7-11-22(12-8-18)26(2)14-4-13-25/h5-12,15-16H,4,14H2,1-3H3/q+1. The van der Waals surface area contributed by atoms with E-state index in [2.05, 4.69) is 106 Å². The second-order valence-electron chi connectivity index (χ2n) is 6.71. The number of aromatic nitrogens is 1. The molecule has 2 aromatic carbocycles. The Labute approximate surface area is 169 Å². The maximum Gasteiger partial charge on any atom is 0.213 e. The molecule has 0 saturated carbocycles. The summed E-state index contributed by atoms with van der Waals surface area (Å²) in [5, 5.41) is 8.76. The zero-order valence-corrected chi connectivity index (χ0v) is 17.5. The summed E-state index contributed by atoms with van der Waals surface area (Å²) in [5.41, 5.74) is 7.11. The van der Waals surface area contributed by atoms with E-state index in [1.165, 1.54) is 28.1 Å². The average Bonchev–Trinajstić information content (AvgIpc) is 2.69. The molecule has 0 spiro atoms. The van der Waals surface area contributed by atoms with E-state index in [9.17, 15) is 0 Å². The van der Waals surface area contributed by atoms with Crippen LogP contribution < -0.4 is 9.47 Å². The van der Waals surface area contributed by atoms with E-state index < -0.39 is 0 Å². The average molecular weight is 421 g/mol. The molecule has 27 heavy (non-hydrogen) atoms. The number of halogens is 1. The number of nitriles is 1. The highest BCUT2D eigenvalue weighted by Gasteiger charge is 2.15. The first kappa shape index (κ1) is 19.1. The molecular weight excluding hydrogens is 398 g/mol. The van der Waals surface area contributed by atoms with Gasteiger partial charge in [-0.2, -0.15) is 9.83 Å². The van der Waals surface area contributed by atoms with Crippen LogP contribution in [0, 0.1) is 18.3 Å². The predicted molar refractivity (Wildman–Crippen MR) is 114 cm³/mol. The van der Waals surface area contributed by atoms with Crippen molar-refractivity contribution in [1.82, 2.24) is 0 Å². The van der Waals surface area contributed by atoms with Crippen molar-refractivity contribution in [2.45, 2.75) is 13.3 Å². The molecule has 0 saturated heterocycles. The van der Waals surface area contributed by atoms with Gasteiger partial charge in [-0.1, -0.05) is 28.1 Å². The number of hydrogen-bond donors (Lipinski definition) is 0. The fourth-order valence-corrected chi connectivity index (χ4v) is 3.38. The second-order valence-corrected chi connectivity index (χ2v) is 7.63. The van der Waals surface area contributed by atoms with Gasteiger partial charge in [0.25, 0.3) is 0 Å². The zero-order chi connectivity index (χ0) is 19.4. The number of pyridine rings is 1. The molecule has 0 amide bonds.